The third-order valence-electron chi connectivity index (χ3n) is 2.95. The molecule has 18 heavy (non-hydrogen) atoms. The first kappa shape index (κ1) is 13.7. The maximum atomic E-state index is 9.16. The molecule has 1 heterocycles. The van der Waals surface area contributed by atoms with Crippen molar-refractivity contribution >= 4 is 34.2 Å². The number of unbranched alkanes of at least 4 members (excludes halogenated alkanes) is 1. The molecule has 0 spiro atoms. The Morgan fingerprint density at radius 3 is 2.67 bits per heavy atom. The first-order chi connectivity index (χ1) is 8.67. The number of hydrogen-bond acceptors (Lipinski definition) is 2. The molecular weight excluding hydrogens is 271 g/mol. The van der Waals surface area contributed by atoms with Gasteiger partial charge < -0.3 is 9.67 Å². The summed E-state index contributed by atoms with van der Waals surface area (Å²) in [7, 11) is 0. The van der Waals surface area contributed by atoms with Crippen LogP contribution in [0.2, 0.25) is 10.0 Å². The summed E-state index contributed by atoms with van der Waals surface area (Å²) in [6.07, 6.45) is 3.10. The van der Waals surface area contributed by atoms with Gasteiger partial charge in [0.05, 0.1) is 27.7 Å². The fraction of sp³-hybridized carbons (Fsp3) is 0.462. The number of hydrogen-bond donors (Lipinski definition) is 1. The summed E-state index contributed by atoms with van der Waals surface area (Å²) in [4.78, 5) is 4.58. The average molecular weight is 287 g/mol. The van der Waals surface area contributed by atoms with Gasteiger partial charge in [-0.05, 0) is 18.6 Å². The van der Waals surface area contributed by atoms with E-state index in [0.29, 0.717) is 16.6 Å². The molecule has 0 aliphatic rings. The highest BCUT2D eigenvalue weighted by molar-refractivity contribution is 6.42. The van der Waals surface area contributed by atoms with Crippen molar-refractivity contribution in [1.29, 1.82) is 0 Å². The number of aliphatic hydroxyl groups is 1. The molecule has 0 aliphatic carbocycles. The monoisotopic (exact) mass is 286 g/mol. The molecule has 5 heteroatoms. The van der Waals surface area contributed by atoms with E-state index in [9.17, 15) is 0 Å². The van der Waals surface area contributed by atoms with Gasteiger partial charge in [0.1, 0.15) is 5.82 Å². The zero-order valence-electron chi connectivity index (χ0n) is 10.3. The maximum Gasteiger partial charge on any atom is 0.109 e. The normalized spacial score (nSPS) is 11.3. The molecule has 0 saturated carbocycles. The van der Waals surface area contributed by atoms with E-state index in [1.807, 2.05) is 10.6 Å². The number of aliphatic hydroxyl groups excluding tert-OH is 1. The Morgan fingerprint density at radius 2 is 2.00 bits per heavy atom. The summed E-state index contributed by atoms with van der Waals surface area (Å²) >= 11 is 12.0. The van der Waals surface area contributed by atoms with Crippen LogP contribution in [0.15, 0.2) is 12.1 Å². The third kappa shape index (κ3) is 2.63. The van der Waals surface area contributed by atoms with Crippen LogP contribution in [0.1, 0.15) is 25.6 Å². The van der Waals surface area contributed by atoms with Gasteiger partial charge in [-0.25, -0.2) is 4.98 Å². The smallest absolute Gasteiger partial charge is 0.109 e. The number of halogens is 2. The van der Waals surface area contributed by atoms with Crippen LogP contribution in [0.5, 0.6) is 0 Å². The minimum absolute atomic E-state index is 0.0881. The SMILES string of the molecule is CCCCc1nc2cc(Cl)c(Cl)cc2n1CCO. The molecule has 1 aromatic heterocycles. The lowest BCUT2D eigenvalue weighted by Crippen LogP contribution is -2.07. The van der Waals surface area contributed by atoms with E-state index >= 15 is 0 Å². The summed E-state index contributed by atoms with van der Waals surface area (Å²) in [6, 6.07) is 3.60. The van der Waals surface area contributed by atoms with Crippen molar-refractivity contribution in [2.45, 2.75) is 32.7 Å². The summed E-state index contributed by atoms with van der Waals surface area (Å²) in [6.45, 7) is 2.77. The van der Waals surface area contributed by atoms with Crippen LogP contribution in [0.4, 0.5) is 0 Å². The molecule has 1 N–H and O–H groups in total. The van der Waals surface area contributed by atoms with E-state index in [2.05, 4.69) is 11.9 Å². The van der Waals surface area contributed by atoms with Crippen molar-refractivity contribution in [2.75, 3.05) is 6.61 Å². The van der Waals surface area contributed by atoms with Gasteiger partial charge in [-0.3, -0.25) is 0 Å². The first-order valence-corrected chi connectivity index (χ1v) is 6.88. The zero-order valence-corrected chi connectivity index (χ0v) is 11.8. The highest BCUT2D eigenvalue weighted by Crippen LogP contribution is 2.28. The highest BCUT2D eigenvalue weighted by atomic mass is 35.5. The standard InChI is InChI=1S/C13H16Cl2N2O/c1-2-3-4-13-16-11-7-9(14)10(15)8-12(11)17(13)5-6-18/h7-8,18H,2-6H2,1H3. The predicted octanol–water partition coefficient (Wildman–Crippen LogP) is 3.68. The molecule has 0 unspecified atom stereocenters. The lowest BCUT2D eigenvalue weighted by atomic mass is 10.2. The molecule has 98 valence electrons. The molecule has 0 aliphatic heterocycles. The number of imidazole rings is 1. The van der Waals surface area contributed by atoms with Gasteiger partial charge in [-0.2, -0.15) is 0 Å². The molecule has 0 bridgehead atoms. The van der Waals surface area contributed by atoms with Crippen LogP contribution in [0, 0.1) is 0 Å². The molecule has 0 radical (unpaired) electrons. The van der Waals surface area contributed by atoms with Gasteiger partial charge in [-0.1, -0.05) is 36.5 Å². The second kappa shape index (κ2) is 5.91. The Balaban J connectivity index is 2.52. The fourth-order valence-corrected chi connectivity index (χ4v) is 2.36. The van der Waals surface area contributed by atoms with Gasteiger partial charge in [0.15, 0.2) is 0 Å². The fourth-order valence-electron chi connectivity index (χ4n) is 2.05. The Morgan fingerprint density at radius 1 is 1.28 bits per heavy atom. The summed E-state index contributed by atoms with van der Waals surface area (Å²) in [5.74, 6) is 0.985. The molecule has 1 aromatic carbocycles. The van der Waals surface area contributed by atoms with E-state index in [0.717, 1.165) is 36.1 Å². The summed E-state index contributed by atoms with van der Waals surface area (Å²) in [5.41, 5.74) is 1.77. The third-order valence-corrected chi connectivity index (χ3v) is 3.67. The van der Waals surface area contributed by atoms with E-state index in [-0.39, 0.29) is 6.61 Å². The van der Waals surface area contributed by atoms with Crippen molar-refractivity contribution in [3.8, 4) is 0 Å². The first-order valence-electron chi connectivity index (χ1n) is 6.12. The largest absolute Gasteiger partial charge is 0.395 e. The molecule has 3 nitrogen and oxygen atoms in total. The summed E-state index contributed by atoms with van der Waals surface area (Å²) in [5, 5.41) is 10.2. The van der Waals surface area contributed by atoms with Gasteiger partial charge in [0, 0.05) is 13.0 Å². The second-order valence-electron chi connectivity index (χ2n) is 4.26. The Hall–Kier alpha value is -0.770. The molecule has 0 fully saturated rings. The van der Waals surface area contributed by atoms with Crippen LogP contribution in [-0.4, -0.2) is 21.3 Å². The molecule has 0 saturated heterocycles. The molecule has 2 rings (SSSR count). The molecule has 0 amide bonds. The number of fused-ring (bicyclic) bond motifs is 1. The Bertz CT molecular complexity index is 551. The van der Waals surface area contributed by atoms with E-state index < -0.39 is 0 Å². The van der Waals surface area contributed by atoms with Crippen LogP contribution >= 0.6 is 23.2 Å². The molecule has 0 atom stereocenters. The predicted molar refractivity (Wildman–Crippen MR) is 75.5 cm³/mol. The quantitative estimate of drug-likeness (QED) is 0.911. The maximum absolute atomic E-state index is 9.16. The van der Waals surface area contributed by atoms with Crippen LogP contribution in [0.3, 0.4) is 0 Å². The van der Waals surface area contributed by atoms with Crippen molar-refractivity contribution in [2.24, 2.45) is 0 Å². The highest BCUT2D eigenvalue weighted by Gasteiger charge is 2.12. The number of benzene rings is 1. The van der Waals surface area contributed by atoms with Crippen molar-refractivity contribution in [3.05, 3.63) is 28.0 Å². The number of nitrogens with zero attached hydrogens (tertiary/aromatic N) is 2. The second-order valence-corrected chi connectivity index (χ2v) is 5.08. The topological polar surface area (TPSA) is 38.0 Å². The molecule has 2 aromatic rings. The lowest BCUT2D eigenvalue weighted by Gasteiger charge is -2.07. The Labute approximate surface area is 116 Å². The summed E-state index contributed by atoms with van der Waals surface area (Å²) < 4.78 is 2.02. The van der Waals surface area contributed by atoms with Crippen molar-refractivity contribution in [1.82, 2.24) is 9.55 Å². The lowest BCUT2D eigenvalue weighted by molar-refractivity contribution is 0.276. The van der Waals surface area contributed by atoms with Crippen molar-refractivity contribution < 1.29 is 5.11 Å². The van der Waals surface area contributed by atoms with Crippen molar-refractivity contribution in [3.63, 3.8) is 0 Å². The van der Waals surface area contributed by atoms with Crippen LogP contribution in [-0.2, 0) is 13.0 Å². The van der Waals surface area contributed by atoms with Gasteiger partial charge in [0.25, 0.3) is 0 Å². The zero-order chi connectivity index (χ0) is 13.1. The van der Waals surface area contributed by atoms with E-state index in [1.165, 1.54) is 0 Å². The number of aromatic nitrogens is 2. The van der Waals surface area contributed by atoms with Gasteiger partial charge >= 0.3 is 0 Å². The molecular formula is C13H16Cl2N2O. The minimum atomic E-state index is 0.0881. The van der Waals surface area contributed by atoms with E-state index in [1.54, 1.807) is 6.07 Å². The van der Waals surface area contributed by atoms with E-state index in [4.69, 9.17) is 28.3 Å². The van der Waals surface area contributed by atoms with Gasteiger partial charge in [-0.15, -0.1) is 0 Å². The Kier molecular flexibility index (Phi) is 4.49. The van der Waals surface area contributed by atoms with Gasteiger partial charge in [0.2, 0.25) is 0 Å². The van der Waals surface area contributed by atoms with Crippen LogP contribution < -0.4 is 0 Å². The van der Waals surface area contributed by atoms with Crippen LogP contribution in [0.25, 0.3) is 11.0 Å². The number of rotatable bonds is 5. The minimum Gasteiger partial charge on any atom is -0.395 e. The average Bonchev–Trinajstić information content (AvgIpc) is 2.66. The number of aryl methyl sites for hydroxylation is 1.